The highest BCUT2D eigenvalue weighted by Gasteiger charge is 2.14. The number of methoxy groups -OCH3 is 1. The molecule has 1 aromatic rings. The van der Waals surface area contributed by atoms with Crippen molar-refractivity contribution in [3.8, 4) is 6.07 Å². The summed E-state index contributed by atoms with van der Waals surface area (Å²) in [6, 6.07) is 6.53. The van der Waals surface area contributed by atoms with Crippen LogP contribution in [0.15, 0.2) is 22.7 Å². The Morgan fingerprint density at radius 3 is 2.69 bits per heavy atom. The van der Waals surface area contributed by atoms with Gasteiger partial charge in [0.25, 0.3) is 0 Å². The van der Waals surface area contributed by atoms with E-state index in [4.69, 9.17) is 5.26 Å². The Hall–Kier alpha value is -1.87. The van der Waals surface area contributed by atoms with Crippen molar-refractivity contribution < 1.29 is 14.3 Å². The number of benzene rings is 1. The number of nitrogens with zero attached hydrogens (tertiary/aromatic N) is 1. The summed E-state index contributed by atoms with van der Waals surface area (Å²) in [7, 11) is 1.12. The molecule has 0 spiro atoms. The smallest absolute Gasteiger partial charge is 0.396 e. The van der Waals surface area contributed by atoms with Crippen LogP contribution in [0.5, 0.6) is 0 Å². The third-order valence-corrected chi connectivity index (χ3v) is 2.37. The van der Waals surface area contributed by atoms with Crippen LogP contribution in [0.2, 0.25) is 0 Å². The van der Waals surface area contributed by atoms with Crippen LogP contribution in [0.4, 0.5) is 5.69 Å². The highest BCUT2D eigenvalue weighted by Crippen LogP contribution is 2.23. The second-order valence-electron chi connectivity index (χ2n) is 2.75. The second-order valence-corrected chi connectivity index (χ2v) is 3.61. The molecule has 82 valence electrons. The van der Waals surface area contributed by atoms with Gasteiger partial charge in [0.15, 0.2) is 0 Å². The van der Waals surface area contributed by atoms with E-state index in [1.54, 1.807) is 0 Å². The maximum absolute atomic E-state index is 11.2. The Balaban J connectivity index is 2.87. The second kappa shape index (κ2) is 5.28. The highest BCUT2D eigenvalue weighted by atomic mass is 79.9. The highest BCUT2D eigenvalue weighted by molar-refractivity contribution is 9.10. The zero-order valence-electron chi connectivity index (χ0n) is 8.28. The van der Waals surface area contributed by atoms with Crippen molar-refractivity contribution in [2.75, 3.05) is 12.4 Å². The number of carbonyl (C=O) groups excluding carboxylic acids is 2. The van der Waals surface area contributed by atoms with Crippen LogP contribution in [0.3, 0.4) is 0 Å². The number of esters is 1. The van der Waals surface area contributed by atoms with Crippen molar-refractivity contribution in [3.05, 3.63) is 28.2 Å². The standard InChI is InChI=1S/C10H7BrN2O3/c1-16-10(15)9(14)13-8-3-2-6(5-12)4-7(8)11/h2-4H,1H3,(H,13,14). The van der Waals surface area contributed by atoms with Crippen LogP contribution >= 0.6 is 15.9 Å². The summed E-state index contributed by atoms with van der Waals surface area (Å²) in [5, 5.41) is 11.0. The summed E-state index contributed by atoms with van der Waals surface area (Å²) in [6.07, 6.45) is 0. The molecule has 0 atom stereocenters. The lowest BCUT2D eigenvalue weighted by atomic mass is 10.2. The number of hydrogen-bond acceptors (Lipinski definition) is 4. The molecule has 0 saturated heterocycles. The molecule has 16 heavy (non-hydrogen) atoms. The summed E-state index contributed by atoms with van der Waals surface area (Å²) in [4.78, 5) is 22.0. The first kappa shape index (κ1) is 12.2. The van der Waals surface area contributed by atoms with Gasteiger partial charge in [0, 0.05) is 4.47 Å². The third-order valence-electron chi connectivity index (χ3n) is 1.72. The Labute approximate surface area is 100 Å². The van der Waals surface area contributed by atoms with Gasteiger partial charge in [-0.2, -0.15) is 5.26 Å². The van der Waals surface area contributed by atoms with Gasteiger partial charge in [-0.15, -0.1) is 0 Å². The van der Waals surface area contributed by atoms with E-state index in [9.17, 15) is 9.59 Å². The van der Waals surface area contributed by atoms with Crippen molar-refractivity contribution in [2.45, 2.75) is 0 Å². The Morgan fingerprint density at radius 2 is 2.19 bits per heavy atom. The topological polar surface area (TPSA) is 79.2 Å². The van der Waals surface area contributed by atoms with Crippen LogP contribution in [0, 0.1) is 11.3 Å². The van der Waals surface area contributed by atoms with Gasteiger partial charge >= 0.3 is 11.9 Å². The molecule has 1 rings (SSSR count). The molecular weight excluding hydrogens is 276 g/mol. The lowest BCUT2D eigenvalue weighted by Crippen LogP contribution is -2.23. The van der Waals surface area contributed by atoms with Crippen molar-refractivity contribution in [2.24, 2.45) is 0 Å². The van der Waals surface area contributed by atoms with Gasteiger partial charge in [-0.3, -0.25) is 4.79 Å². The molecule has 0 aliphatic carbocycles. The van der Waals surface area contributed by atoms with E-state index in [1.807, 2.05) is 6.07 Å². The number of nitrogens with one attached hydrogen (secondary N) is 1. The maximum atomic E-state index is 11.2. The minimum Gasteiger partial charge on any atom is -0.462 e. The predicted molar refractivity (Wildman–Crippen MR) is 59.5 cm³/mol. The van der Waals surface area contributed by atoms with E-state index in [1.165, 1.54) is 18.2 Å². The van der Waals surface area contributed by atoms with Gasteiger partial charge in [0.1, 0.15) is 0 Å². The molecule has 1 N–H and O–H groups in total. The van der Waals surface area contributed by atoms with Crippen molar-refractivity contribution in [3.63, 3.8) is 0 Å². The monoisotopic (exact) mass is 282 g/mol. The first-order valence-electron chi connectivity index (χ1n) is 4.17. The van der Waals surface area contributed by atoms with Gasteiger partial charge in [-0.05, 0) is 34.1 Å². The molecule has 5 nitrogen and oxygen atoms in total. The molecule has 0 bridgehead atoms. The fourth-order valence-corrected chi connectivity index (χ4v) is 1.43. The molecular formula is C10H7BrN2O3. The average Bonchev–Trinajstić information content (AvgIpc) is 2.30. The molecule has 1 aromatic carbocycles. The minimum absolute atomic E-state index is 0.398. The normalized spacial score (nSPS) is 9.06. The summed E-state index contributed by atoms with van der Waals surface area (Å²) in [6.45, 7) is 0. The number of nitriles is 1. The van der Waals surface area contributed by atoms with Gasteiger partial charge in [0.2, 0.25) is 0 Å². The average molecular weight is 283 g/mol. The van der Waals surface area contributed by atoms with Crippen LogP contribution < -0.4 is 5.32 Å². The largest absolute Gasteiger partial charge is 0.462 e. The molecule has 0 heterocycles. The number of hydrogen-bond donors (Lipinski definition) is 1. The zero-order valence-corrected chi connectivity index (χ0v) is 9.87. The maximum Gasteiger partial charge on any atom is 0.396 e. The van der Waals surface area contributed by atoms with E-state index in [0.717, 1.165) is 7.11 Å². The Morgan fingerprint density at radius 1 is 1.50 bits per heavy atom. The number of rotatable bonds is 1. The van der Waals surface area contributed by atoms with Crippen molar-refractivity contribution >= 4 is 33.5 Å². The molecule has 1 amide bonds. The summed E-state index contributed by atoms with van der Waals surface area (Å²) < 4.78 is 4.77. The minimum atomic E-state index is -0.976. The first-order chi connectivity index (χ1) is 7.58. The number of ether oxygens (including phenoxy) is 1. The quantitative estimate of drug-likeness (QED) is 0.624. The summed E-state index contributed by atoms with van der Waals surface area (Å²) >= 11 is 3.17. The van der Waals surface area contributed by atoms with Gasteiger partial charge in [-0.25, -0.2) is 4.79 Å². The van der Waals surface area contributed by atoms with Crippen LogP contribution in [0.25, 0.3) is 0 Å². The van der Waals surface area contributed by atoms with E-state index in [-0.39, 0.29) is 0 Å². The number of halogens is 1. The number of amides is 1. The zero-order chi connectivity index (χ0) is 12.1. The lowest BCUT2D eigenvalue weighted by Gasteiger charge is -2.05. The molecule has 0 radical (unpaired) electrons. The fourth-order valence-electron chi connectivity index (χ4n) is 0.952. The van der Waals surface area contributed by atoms with Gasteiger partial charge in [0.05, 0.1) is 24.4 Å². The van der Waals surface area contributed by atoms with Crippen LogP contribution in [0.1, 0.15) is 5.56 Å². The molecule has 0 aliphatic rings. The number of carbonyl (C=O) groups is 2. The van der Waals surface area contributed by atoms with Gasteiger partial charge < -0.3 is 10.1 Å². The summed E-state index contributed by atoms with van der Waals surface area (Å²) in [5.74, 6) is -1.84. The molecule has 0 aliphatic heterocycles. The fraction of sp³-hybridized carbons (Fsp3) is 0.100. The third kappa shape index (κ3) is 2.81. The molecule has 0 unspecified atom stereocenters. The van der Waals surface area contributed by atoms with Crippen molar-refractivity contribution in [1.29, 1.82) is 5.26 Å². The van der Waals surface area contributed by atoms with Crippen LogP contribution in [-0.2, 0) is 14.3 Å². The first-order valence-corrected chi connectivity index (χ1v) is 4.96. The Bertz CT molecular complexity index is 479. The molecule has 6 heteroatoms. The van der Waals surface area contributed by atoms with E-state index >= 15 is 0 Å². The molecule has 0 fully saturated rings. The van der Waals surface area contributed by atoms with Crippen LogP contribution in [-0.4, -0.2) is 19.0 Å². The molecule has 0 aromatic heterocycles. The van der Waals surface area contributed by atoms with E-state index < -0.39 is 11.9 Å². The van der Waals surface area contributed by atoms with Gasteiger partial charge in [-0.1, -0.05) is 0 Å². The van der Waals surface area contributed by atoms with E-state index in [2.05, 4.69) is 26.0 Å². The van der Waals surface area contributed by atoms with E-state index in [0.29, 0.717) is 15.7 Å². The van der Waals surface area contributed by atoms with Crippen molar-refractivity contribution in [1.82, 2.24) is 0 Å². The summed E-state index contributed by atoms with van der Waals surface area (Å²) in [5.41, 5.74) is 0.845. The Kier molecular flexibility index (Phi) is 4.03. The number of anilines is 1. The predicted octanol–water partition coefficient (Wildman–Crippen LogP) is 1.43. The lowest BCUT2D eigenvalue weighted by molar-refractivity contribution is -0.150. The SMILES string of the molecule is COC(=O)C(=O)Nc1ccc(C#N)cc1Br. The molecule has 0 saturated carbocycles.